The normalized spacial score (nSPS) is 13.6. The third kappa shape index (κ3) is 3.15. The lowest BCUT2D eigenvalue weighted by atomic mass is 10.3. The van der Waals surface area contributed by atoms with E-state index in [1.807, 2.05) is 0 Å². The second kappa shape index (κ2) is 5.59. The molecule has 0 spiro atoms. The van der Waals surface area contributed by atoms with Crippen molar-refractivity contribution in [2.45, 2.75) is 24.3 Å². The van der Waals surface area contributed by atoms with Crippen LogP contribution in [0.4, 0.5) is 14.5 Å². The minimum absolute atomic E-state index is 0.327. The van der Waals surface area contributed by atoms with E-state index >= 15 is 0 Å². The zero-order valence-corrected chi connectivity index (χ0v) is 10.5. The number of benzene rings is 1. The van der Waals surface area contributed by atoms with Crippen LogP contribution >= 0.6 is 0 Å². The molecule has 0 aliphatic carbocycles. The predicted molar refractivity (Wildman–Crippen MR) is 62.3 cm³/mol. The van der Waals surface area contributed by atoms with Gasteiger partial charge in [0.25, 0.3) is 0 Å². The maximum Gasteiger partial charge on any atom is 0.243 e. The Morgan fingerprint density at radius 2 is 2.00 bits per heavy atom. The van der Waals surface area contributed by atoms with Gasteiger partial charge in [-0.25, -0.2) is 21.9 Å². The van der Waals surface area contributed by atoms with E-state index in [-0.39, 0.29) is 0 Å². The van der Waals surface area contributed by atoms with Crippen LogP contribution in [0.1, 0.15) is 13.3 Å². The van der Waals surface area contributed by atoms with Gasteiger partial charge in [0.2, 0.25) is 10.0 Å². The van der Waals surface area contributed by atoms with Crippen molar-refractivity contribution >= 4 is 15.7 Å². The summed E-state index contributed by atoms with van der Waals surface area (Å²) in [4.78, 5) is -0.742. The Labute approximate surface area is 104 Å². The number of aliphatic hydroxyl groups is 1. The van der Waals surface area contributed by atoms with Crippen LogP contribution in [-0.2, 0) is 10.0 Å². The second-order valence-corrected chi connectivity index (χ2v) is 5.40. The van der Waals surface area contributed by atoms with Gasteiger partial charge in [-0.1, -0.05) is 6.92 Å². The molecule has 0 aromatic heterocycles. The maximum absolute atomic E-state index is 13.4. The molecule has 0 amide bonds. The number of nitrogens with two attached hydrogens (primary N) is 1. The molecule has 0 radical (unpaired) electrons. The van der Waals surface area contributed by atoms with Crippen LogP contribution in [0.15, 0.2) is 17.0 Å². The van der Waals surface area contributed by atoms with Crippen molar-refractivity contribution in [1.82, 2.24) is 4.72 Å². The summed E-state index contributed by atoms with van der Waals surface area (Å²) in [6, 6.07) is 0.377. The summed E-state index contributed by atoms with van der Waals surface area (Å²) < 4.78 is 52.0. The van der Waals surface area contributed by atoms with E-state index in [2.05, 4.69) is 4.72 Å². The number of sulfonamides is 1. The quantitative estimate of drug-likeness (QED) is 0.688. The molecule has 4 N–H and O–H groups in total. The van der Waals surface area contributed by atoms with Gasteiger partial charge in [0, 0.05) is 12.1 Å². The van der Waals surface area contributed by atoms with Crippen LogP contribution in [0.25, 0.3) is 0 Å². The summed E-state index contributed by atoms with van der Waals surface area (Å²) >= 11 is 0. The fraction of sp³-hybridized carbons (Fsp3) is 0.400. The Kier molecular flexibility index (Phi) is 4.60. The average Bonchev–Trinajstić information content (AvgIpc) is 2.30. The highest BCUT2D eigenvalue weighted by molar-refractivity contribution is 7.89. The van der Waals surface area contributed by atoms with Gasteiger partial charge >= 0.3 is 0 Å². The van der Waals surface area contributed by atoms with Gasteiger partial charge < -0.3 is 10.8 Å². The summed E-state index contributed by atoms with van der Waals surface area (Å²) in [6.07, 6.45) is 0.327. The van der Waals surface area contributed by atoms with E-state index in [0.717, 1.165) is 0 Å². The van der Waals surface area contributed by atoms with E-state index in [4.69, 9.17) is 10.8 Å². The summed E-state index contributed by atoms with van der Waals surface area (Å²) in [5, 5.41) is 8.90. The molecule has 0 aliphatic rings. The Hall–Kier alpha value is -1.25. The van der Waals surface area contributed by atoms with Gasteiger partial charge in [-0.3, -0.25) is 0 Å². The van der Waals surface area contributed by atoms with E-state index in [1.54, 1.807) is 6.92 Å². The fourth-order valence-electron chi connectivity index (χ4n) is 1.28. The molecule has 5 nitrogen and oxygen atoms in total. The lowest BCUT2D eigenvalue weighted by Crippen LogP contribution is -2.37. The first kappa shape index (κ1) is 14.8. The molecular weight excluding hydrogens is 266 g/mol. The van der Waals surface area contributed by atoms with Gasteiger partial charge in [0.05, 0.1) is 12.3 Å². The highest BCUT2D eigenvalue weighted by Crippen LogP contribution is 2.21. The smallest absolute Gasteiger partial charge is 0.243 e. The molecule has 0 heterocycles. The fourth-order valence-corrected chi connectivity index (χ4v) is 2.69. The Bertz CT molecular complexity index is 530. The van der Waals surface area contributed by atoms with Crippen LogP contribution < -0.4 is 10.5 Å². The molecule has 0 fully saturated rings. The standard InChI is InChI=1S/C10H14F2N2O3S/c1-2-6(5-15)14-18(16,17)10-4-9(13)7(11)3-8(10)12/h3-4,6,14-15H,2,5,13H2,1H3/t6-/m0/s1. The average molecular weight is 280 g/mol. The number of hydrogen-bond donors (Lipinski definition) is 3. The Morgan fingerprint density at radius 3 is 2.50 bits per heavy atom. The van der Waals surface area contributed by atoms with Crippen LogP contribution in [0.2, 0.25) is 0 Å². The third-order valence-corrected chi connectivity index (χ3v) is 3.91. The number of rotatable bonds is 5. The summed E-state index contributed by atoms with van der Waals surface area (Å²) in [6.45, 7) is 1.23. The van der Waals surface area contributed by atoms with Crippen LogP contribution in [0.5, 0.6) is 0 Å². The molecule has 8 heteroatoms. The number of halogens is 2. The Morgan fingerprint density at radius 1 is 1.39 bits per heavy atom. The summed E-state index contributed by atoms with van der Waals surface area (Å²) in [7, 11) is -4.19. The molecule has 102 valence electrons. The highest BCUT2D eigenvalue weighted by atomic mass is 32.2. The predicted octanol–water partition coefficient (Wildman–Crippen LogP) is 0.596. The molecule has 0 unspecified atom stereocenters. The zero-order chi connectivity index (χ0) is 13.9. The van der Waals surface area contributed by atoms with E-state index in [0.29, 0.717) is 18.6 Å². The minimum atomic E-state index is -4.19. The minimum Gasteiger partial charge on any atom is -0.396 e. The van der Waals surface area contributed by atoms with Crippen molar-refractivity contribution in [1.29, 1.82) is 0 Å². The monoisotopic (exact) mass is 280 g/mol. The van der Waals surface area contributed by atoms with E-state index in [1.165, 1.54) is 0 Å². The largest absolute Gasteiger partial charge is 0.396 e. The van der Waals surface area contributed by atoms with Crippen LogP contribution in [0, 0.1) is 11.6 Å². The SMILES string of the molecule is CC[C@@H](CO)NS(=O)(=O)c1cc(N)c(F)cc1F. The molecule has 1 aromatic rings. The molecular formula is C10H14F2N2O3S. The molecule has 0 saturated heterocycles. The van der Waals surface area contributed by atoms with E-state index < -0.39 is 44.9 Å². The van der Waals surface area contributed by atoms with Crippen molar-refractivity contribution in [3.05, 3.63) is 23.8 Å². The number of nitrogens with one attached hydrogen (secondary N) is 1. The maximum atomic E-state index is 13.4. The first-order valence-electron chi connectivity index (χ1n) is 5.19. The van der Waals surface area contributed by atoms with Crippen molar-refractivity contribution in [3.63, 3.8) is 0 Å². The van der Waals surface area contributed by atoms with Crippen molar-refractivity contribution < 1.29 is 22.3 Å². The molecule has 18 heavy (non-hydrogen) atoms. The summed E-state index contributed by atoms with van der Waals surface area (Å²) in [5.41, 5.74) is 4.73. The van der Waals surface area contributed by atoms with Crippen molar-refractivity contribution in [2.75, 3.05) is 12.3 Å². The molecule has 1 atom stereocenters. The summed E-state index contributed by atoms with van der Waals surface area (Å²) in [5.74, 6) is -2.26. The number of aliphatic hydroxyl groups excluding tert-OH is 1. The molecule has 0 aliphatic heterocycles. The first-order valence-corrected chi connectivity index (χ1v) is 6.67. The lowest BCUT2D eigenvalue weighted by molar-refractivity contribution is 0.253. The van der Waals surface area contributed by atoms with Crippen molar-refractivity contribution in [2.24, 2.45) is 0 Å². The van der Waals surface area contributed by atoms with Gasteiger partial charge in [-0.2, -0.15) is 0 Å². The molecule has 1 rings (SSSR count). The number of anilines is 1. The third-order valence-electron chi connectivity index (χ3n) is 2.38. The van der Waals surface area contributed by atoms with Gasteiger partial charge in [0.15, 0.2) is 0 Å². The van der Waals surface area contributed by atoms with Gasteiger partial charge in [-0.15, -0.1) is 0 Å². The van der Waals surface area contributed by atoms with E-state index in [9.17, 15) is 17.2 Å². The molecule has 1 aromatic carbocycles. The second-order valence-electron chi connectivity index (χ2n) is 3.71. The molecule has 0 saturated carbocycles. The molecule has 0 bridgehead atoms. The first-order chi connectivity index (χ1) is 8.31. The van der Waals surface area contributed by atoms with Gasteiger partial charge in [0.1, 0.15) is 16.5 Å². The zero-order valence-electron chi connectivity index (χ0n) is 9.65. The topological polar surface area (TPSA) is 92.4 Å². The Balaban J connectivity index is 3.16. The highest BCUT2D eigenvalue weighted by Gasteiger charge is 2.23. The number of nitrogen functional groups attached to an aromatic ring is 1. The van der Waals surface area contributed by atoms with Crippen molar-refractivity contribution in [3.8, 4) is 0 Å². The van der Waals surface area contributed by atoms with Crippen LogP contribution in [-0.4, -0.2) is 26.2 Å². The van der Waals surface area contributed by atoms with Gasteiger partial charge in [-0.05, 0) is 12.5 Å². The number of hydrogen-bond acceptors (Lipinski definition) is 4. The lowest BCUT2D eigenvalue weighted by Gasteiger charge is -2.15. The van der Waals surface area contributed by atoms with Crippen LogP contribution in [0.3, 0.4) is 0 Å².